The van der Waals surface area contributed by atoms with E-state index >= 15 is 0 Å². The molecule has 0 spiro atoms. The van der Waals surface area contributed by atoms with Crippen LogP contribution in [0.5, 0.6) is 0 Å². The van der Waals surface area contributed by atoms with E-state index in [4.69, 9.17) is 9.47 Å². The molecule has 3 nitrogen and oxygen atoms in total. The molecule has 1 aromatic carbocycles. The largest absolute Gasteiger partial charge is 0.356 e. The molecular weight excluding hydrogens is 276 g/mol. The molecule has 2 aliphatic rings. The van der Waals surface area contributed by atoms with Crippen molar-refractivity contribution in [2.24, 2.45) is 11.3 Å². The standard InChI is InChI=1S/C19H24O3/c1-4-21-12-22-18-14-10-16(20)17(13-8-6-5-7-9-13)15(14)11-19(18,2)3/h5-9,14,18H,4,10-12H2,1-3H3/t14-,18+/m1/s1. The second kappa shape index (κ2) is 5.98. The Balaban J connectivity index is 1.92. The van der Waals surface area contributed by atoms with Crippen LogP contribution in [0.4, 0.5) is 0 Å². The van der Waals surface area contributed by atoms with E-state index in [2.05, 4.69) is 13.8 Å². The van der Waals surface area contributed by atoms with Gasteiger partial charge in [0.1, 0.15) is 6.79 Å². The van der Waals surface area contributed by atoms with Crippen LogP contribution in [-0.4, -0.2) is 25.3 Å². The van der Waals surface area contributed by atoms with Crippen molar-refractivity contribution >= 4 is 11.4 Å². The highest BCUT2D eigenvalue weighted by molar-refractivity contribution is 6.24. The summed E-state index contributed by atoms with van der Waals surface area (Å²) in [6.45, 7) is 7.36. The third kappa shape index (κ3) is 2.64. The molecule has 1 saturated carbocycles. The van der Waals surface area contributed by atoms with Gasteiger partial charge in [-0.2, -0.15) is 0 Å². The van der Waals surface area contributed by atoms with E-state index in [1.807, 2.05) is 37.3 Å². The number of Topliss-reactive ketones (excluding diaryl/α,β-unsaturated/α-hetero) is 1. The zero-order valence-corrected chi connectivity index (χ0v) is 13.6. The molecule has 0 radical (unpaired) electrons. The summed E-state index contributed by atoms with van der Waals surface area (Å²) >= 11 is 0. The summed E-state index contributed by atoms with van der Waals surface area (Å²) in [6.07, 6.45) is 1.55. The minimum absolute atomic E-state index is 0.0395. The van der Waals surface area contributed by atoms with Crippen LogP contribution >= 0.6 is 0 Å². The summed E-state index contributed by atoms with van der Waals surface area (Å²) in [5, 5.41) is 0. The first-order valence-corrected chi connectivity index (χ1v) is 8.05. The van der Waals surface area contributed by atoms with Crippen LogP contribution in [-0.2, 0) is 14.3 Å². The Hall–Kier alpha value is -1.45. The van der Waals surface area contributed by atoms with Crippen molar-refractivity contribution in [3.8, 4) is 0 Å². The number of ether oxygens (including phenoxy) is 2. The second-order valence-electron chi connectivity index (χ2n) is 6.86. The van der Waals surface area contributed by atoms with Crippen molar-refractivity contribution in [3.05, 3.63) is 41.5 Å². The Morgan fingerprint density at radius 3 is 2.64 bits per heavy atom. The van der Waals surface area contributed by atoms with Gasteiger partial charge in [0.2, 0.25) is 0 Å². The Kier molecular flexibility index (Phi) is 4.20. The van der Waals surface area contributed by atoms with Crippen LogP contribution in [0.1, 0.15) is 39.2 Å². The minimum atomic E-state index is 0.0395. The van der Waals surface area contributed by atoms with E-state index in [0.29, 0.717) is 19.8 Å². The van der Waals surface area contributed by atoms with E-state index in [1.54, 1.807) is 0 Å². The average Bonchev–Trinajstić information content (AvgIpc) is 2.91. The topological polar surface area (TPSA) is 35.5 Å². The Bertz CT molecular complexity index is 586. The summed E-state index contributed by atoms with van der Waals surface area (Å²) in [7, 11) is 0. The quantitative estimate of drug-likeness (QED) is 0.612. The highest BCUT2D eigenvalue weighted by Crippen LogP contribution is 2.54. The molecule has 0 aromatic heterocycles. The molecule has 3 heteroatoms. The molecule has 0 amide bonds. The highest BCUT2D eigenvalue weighted by Gasteiger charge is 2.51. The van der Waals surface area contributed by atoms with Gasteiger partial charge in [-0.3, -0.25) is 4.79 Å². The van der Waals surface area contributed by atoms with E-state index in [-0.39, 0.29) is 23.2 Å². The van der Waals surface area contributed by atoms with E-state index in [9.17, 15) is 4.79 Å². The van der Waals surface area contributed by atoms with Crippen molar-refractivity contribution in [1.29, 1.82) is 0 Å². The third-order valence-electron chi connectivity index (χ3n) is 4.83. The predicted molar refractivity (Wildman–Crippen MR) is 86.2 cm³/mol. The van der Waals surface area contributed by atoms with Gasteiger partial charge in [-0.1, -0.05) is 49.8 Å². The maximum absolute atomic E-state index is 12.5. The molecule has 0 unspecified atom stereocenters. The smallest absolute Gasteiger partial charge is 0.164 e. The fourth-order valence-electron chi connectivity index (χ4n) is 3.93. The van der Waals surface area contributed by atoms with Crippen LogP contribution in [0.3, 0.4) is 0 Å². The summed E-state index contributed by atoms with van der Waals surface area (Å²) in [5.74, 6) is 0.463. The first-order chi connectivity index (χ1) is 10.5. The van der Waals surface area contributed by atoms with Gasteiger partial charge in [0.25, 0.3) is 0 Å². The third-order valence-corrected chi connectivity index (χ3v) is 4.83. The van der Waals surface area contributed by atoms with Crippen LogP contribution in [0.2, 0.25) is 0 Å². The van der Waals surface area contributed by atoms with Gasteiger partial charge in [-0.15, -0.1) is 0 Å². The number of benzene rings is 1. The number of hydrogen-bond donors (Lipinski definition) is 0. The fraction of sp³-hybridized carbons (Fsp3) is 0.526. The Morgan fingerprint density at radius 2 is 1.95 bits per heavy atom. The molecule has 22 heavy (non-hydrogen) atoms. The molecule has 2 atom stereocenters. The SMILES string of the molecule is CCOCO[C@H]1[C@@H]2CC(=O)C(c3ccccc3)=C2CC1(C)C. The zero-order chi connectivity index (χ0) is 15.7. The monoisotopic (exact) mass is 300 g/mol. The second-order valence-corrected chi connectivity index (χ2v) is 6.86. The average molecular weight is 300 g/mol. The summed E-state index contributed by atoms with van der Waals surface area (Å²) in [5.41, 5.74) is 3.30. The van der Waals surface area contributed by atoms with Gasteiger partial charge in [-0.25, -0.2) is 0 Å². The molecule has 2 aliphatic carbocycles. The first-order valence-electron chi connectivity index (χ1n) is 8.05. The maximum atomic E-state index is 12.5. The van der Waals surface area contributed by atoms with Gasteiger partial charge in [0, 0.05) is 24.5 Å². The number of fused-ring (bicyclic) bond motifs is 1. The van der Waals surface area contributed by atoms with E-state index in [0.717, 1.165) is 17.6 Å². The van der Waals surface area contributed by atoms with E-state index in [1.165, 1.54) is 5.57 Å². The molecule has 0 aliphatic heterocycles. The summed E-state index contributed by atoms with van der Waals surface area (Å²) in [4.78, 5) is 12.5. The normalized spacial score (nSPS) is 26.6. The van der Waals surface area contributed by atoms with Crippen molar-refractivity contribution in [2.75, 3.05) is 13.4 Å². The van der Waals surface area contributed by atoms with E-state index < -0.39 is 0 Å². The lowest BCUT2D eigenvalue weighted by atomic mass is 9.85. The van der Waals surface area contributed by atoms with Gasteiger partial charge in [0.15, 0.2) is 5.78 Å². The Labute approximate surface area is 132 Å². The number of allylic oxidation sites excluding steroid dienone is 1. The molecule has 1 fully saturated rings. The zero-order valence-electron chi connectivity index (χ0n) is 13.6. The van der Waals surface area contributed by atoms with Crippen LogP contribution in [0.15, 0.2) is 35.9 Å². The van der Waals surface area contributed by atoms with Crippen LogP contribution in [0.25, 0.3) is 5.57 Å². The maximum Gasteiger partial charge on any atom is 0.164 e. The number of rotatable bonds is 5. The minimum Gasteiger partial charge on any atom is -0.356 e. The van der Waals surface area contributed by atoms with Gasteiger partial charge >= 0.3 is 0 Å². The van der Waals surface area contributed by atoms with Gasteiger partial charge in [0.05, 0.1) is 6.10 Å². The molecule has 0 bridgehead atoms. The summed E-state index contributed by atoms with van der Waals surface area (Å²) in [6, 6.07) is 10.0. The fourth-order valence-corrected chi connectivity index (χ4v) is 3.93. The highest BCUT2D eigenvalue weighted by atomic mass is 16.7. The van der Waals surface area contributed by atoms with Crippen molar-refractivity contribution in [2.45, 2.75) is 39.7 Å². The lowest BCUT2D eigenvalue weighted by Gasteiger charge is -2.29. The lowest BCUT2D eigenvalue weighted by Crippen LogP contribution is -2.32. The number of carbonyl (C=O) groups is 1. The van der Waals surface area contributed by atoms with Crippen LogP contribution < -0.4 is 0 Å². The molecule has 1 aromatic rings. The molecule has 3 rings (SSSR count). The molecule has 0 N–H and O–H groups in total. The van der Waals surface area contributed by atoms with Crippen molar-refractivity contribution in [3.63, 3.8) is 0 Å². The molecule has 118 valence electrons. The number of carbonyl (C=O) groups excluding carboxylic acids is 1. The van der Waals surface area contributed by atoms with Crippen molar-refractivity contribution in [1.82, 2.24) is 0 Å². The molecule has 0 heterocycles. The van der Waals surface area contributed by atoms with Gasteiger partial charge in [-0.05, 0) is 24.3 Å². The van der Waals surface area contributed by atoms with Crippen molar-refractivity contribution < 1.29 is 14.3 Å². The summed E-state index contributed by atoms with van der Waals surface area (Å²) < 4.78 is 11.3. The number of ketones is 1. The van der Waals surface area contributed by atoms with Crippen LogP contribution in [0, 0.1) is 11.3 Å². The molecular formula is C19H24O3. The first kappa shape index (κ1) is 15.4. The van der Waals surface area contributed by atoms with Gasteiger partial charge < -0.3 is 9.47 Å². The lowest BCUT2D eigenvalue weighted by molar-refractivity contribution is -0.129. The Morgan fingerprint density at radius 1 is 1.23 bits per heavy atom. The molecule has 0 saturated heterocycles. The number of hydrogen-bond acceptors (Lipinski definition) is 3. The predicted octanol–water partition coefficient (Wildman–Crippen LogP) is 3.84.